The molecule has 0 bridgehead atoms. The van der Waals surface area contributed by atoms with Crippen molar-refractivity contribution in [3.05, 3.63) is 60.9 Å². The molecule has 28 heavy (non-hydrogen) atoms. The number of benzene rings is 2. The van der Waals surface area contributed by atoms with Crippen LogP contribution >= 0.6 is 0 Å². The first-order valence-electron chi connectivity index (χ1n) is 9.31. The smallest absolute Gasteiger partial charge is 0.243 e. The molecule has 1 aliphatic heterocycles. The first kappa shape index (κ1) is 18.7. The van der Waals surface area contributed by atoms with Crippen LogP contribution in [0.1, 0.15) is 6.42 Å². The minimum atomic E-state index is -3.57. The highest BCUT2D eigenvalue weighted by Gasteiger charge is 2.28. The molecule has 146 valence electrons. The zero-order valence-corrected chi connectivity index (χ0v) is 16.6. The lowest BCUT2D eigenvalue weighted by atomic mass is 10.2. The number of hydrogen-bond donors (Lipinski definition) is 0. The number of aromatic nitrogens is 1. The maximum absolute atomic E-state index is 13.4. The van der Waals surface area contributed by atoms with Crippen molar-refractivity contribution in [1.82, 2.24) is 9.29 Å². The van der Waals surface area contributed by atoms with E-state index in [9.17, 15) is 8.42 Å². The third-order valence-electron chi connectivity index (χ3n) is 5.15. The Morgan fingerprint density at radius 3 is 2.57 bits per heavy atom. The third kappa shape index (κ3) is 3.55. The van der Waals surface area contributed by atoms with E-state index < -0.39 is 10.0 Å². The van der Waals surface area contributed by atoms with Gasteiger partial charge in [-0.25, -0.2) is 8.42 Å². The number of ether oxygens (including phenoxy) is 1. The van der Waals surface area contributed by atoms with Crippen LogP contribution in [-0.4, -0.2) is 51.0 Å². The number of anilines is 1. The largest absolute Gasteiger partial charge is 0.497 e. The average Bonchev–Trinajstić information content (AvgIpc) is 3.00. The van der Waals surface area contributed by atoms with Crippen molar-refractivity contribution in [2.75, 3.05) is 38.2 Å². The number of rotatable bonds is 4. The van der Waals surface area contributed by atoms with Gasteiger partial charge in [-0.2, -0.15) is 4.31 Å². The van der Waals surface area contributed by atoms with E-state index in [2.05, 4.69) is 9.88 Å². The molecule has 7 heteroatoms. The van der Waals surface area contributed by atoms with Crippen LogP contribution < -0.4 is 9.64 Å². The van der Waals surface area contributed by atoms with Crippen molar-refractivity contribution >= 4 is 26.5 Å². The molecule has 4 rings (SSSR count). The molecule has 0 amide bonds. The fourth-order valence-corrected chi connectivity index (χ4v) is 5.33. The fourth-order valence-electron chi connectivity index (χ4n) is 3.64. The monoisotopic (exact) mass is 397 g/mol. The van der Waals surface area contributed by atoms with Crippen LogP contribution in [-0.2, 0) is 10.0 Å². The summed E-state index contributed by atoms with van der Waals surface area (Å²) in [4.78, 5) is 6.67. The van der Waals surface area contributed by atoms with Crippen molar-refractivity contribution in [2.24, 2.45) is 0 Å². The number of hydrogen-bond acceptors (Lipinski definition) is 5. The van der Waals surface area contributed by atoms with Crippen molar-refractivity contribution < 1.29 is 13.2 Å². The molecule has 0 N–H and O–H groups in total. The van der Waals surface area contributed by atoms with Gasteiger partial charge in [0, 0.05) is 55.0 Å². The fraction of sp³-hybridized carbons (Fsp3) is 0.286. The van der Waals surface area contributed by atoms with E-state index >= 15 is 0 Å². The molecule has 1 aliphatic rings. The summed E-state index contributed by atoms with van der Waals surface area (Å²) in [5.74, 6) is 0.813. The number of methoxy groups -OCH3 is 1. The third-order valence-corrected chi connectivity index (χ3v) is 7.11. The number of fused-ring (bicyclic) bond motifs is 1. The molecule has 0 spiro atoms. The van der Waals surface area contributed by atoms with Gasteiger partial charge in [0.15, 0.2) is 0 Å². The predicted molar refractivity (Wildman–Crippen MR) is 110 cm³/mol. The lowest BCUT2D eigenvalue weighted by Crippen LogP contribution is -2.35. The summed E-state index contributed by atoms with van der Waals surface area (Å²) < 4.78 is 33.5. The molecule has 1 saturated heterocycles. The molecule has 2 aromatic carbocycles. The maximum Gasteiger partial charge on any atom is 0.243 e. The summed E-state index contributed by atoms with van der Waals surface area (Å²) in [6, 6.07) is 15.0. The highest BCUT2D eigenvalue weighted by molar-refractivity contribution is 7.89. The summed E-state index contributed by atoms with van der Waals surface area (Å²) in [5, 5.41) is 1.55. The summed E-state index contributed by atoms with van der Waals surface area (Å²) >= 11 is 0. The highest BCUT2D eigenvalue weighted by Crippen LogP contribution is 2.27. The molecule has 3 aromatic rings. The highest BCUT2D eigenvalue weighted by atomic mass is 32.2. The van der Waals surface area contributed by atoms with E-state index in [0.29, 0.717) is 29.9 Å². The van der Waals surface area contributed by atoms with Gasteiger partial charge in [0.2, 0.25) is 10.0 Å². The van der Waals surface area contributed by atoms with Gasteiger partial charge in [-0.15, -0.1) is 0 Å². The Hall–Kier alpha value is -2.64. The normalized spacial score (nSPS) is 16.1. The molecule has 6 nitrogen and oxygen atoms in total. The Balaban J connectivity index is 1.57. The molecule has 0 unspecified atom stereocenters. The summed E-state index contributed by atoms with van der Waals surface area (Å²) in [7, 11) is -1.92. The molecular weight excluding hydrogens is 374 g/mol. The summed E-state index contributed by atoms with van der Waals surface area (Å²) in [5.41, 5.74) is 1.08. The topological polar surface area (TPSA) is 62.7 Å². The maximum atomic E-state index is 13.4. The Bertz CT molecular complexity index is 1060. The van der Waals surface area contributed by atoms with Crippen molar-refractivity contribution in [3.63, 3.8) is 0 Å². The van der Waals surface area contributed by atoms with Crippen LogP contribution in [0.15, 0.2) is 65.8 Å². The number of pyridine rings is 1. The van der Waals surface area contributed by atoms with Crippen LogP contribution in [0.25, 0.3) is 10.8 Å². The molecule has 0 saturated carbocycles. The Kier molecular flexibility index (Phi) is 5.19. The minimum Gasteiger partial charge on any atom is -0.497 e. The number of sulfonamides is 1. The molecule has 1 aromatic heterocycles. The van der Waals surface area contributed by atoms with Gasteiger partial charge in [0.25, 0.3) is 0 Å². The number of nitrogens with zero attached hydrogens (tertiary/aromatic N) is 3. The van der Waals surface area contributed by atoms with E-state index in [0.717, 1.165) is 29.8 Å². The molecule has 0 radical (unpaired) electrons. The SMILES string of the molecule is COc1ccc(N2CCCN(S(=O)(=O)c3cccc4cnccc34)CC2)cc1. The van der Waals surface area contributed by atoms with Crippen LogP contribution in [0, 0.1) is 0 Å². The molecule has 2 heterocycles. The van der Waals surface area contributed by atoms with E-state index in [1.165, 1.54) is 0 Å². The lowest BCUT2D eigenvalue weighted by Gasteiger charge is -2.24. The van der Waals surface area contributed by atoms with E-state index in [4.69, 9.17) is 4.74 Å². The second-order valence-corrected chi connectivity index (χ2v) is 8.70. The zero-order chi connectivity index (χ0) is 19.6. The van der Waals surface area contributed by atoms with Gasteiger partial charge in [-0.3, -0.25) is 4.98 Å². The first-order valence-corrected chi connectivity index (χ1v) is 10.8. The van der Waals surface area contributed by atoms with Crippen molar-refractivity contribution in [1.29, 1.82) is 0 Å². The standard InChI is InChI=1S/C21H23N3O3S/c1-27-19-8-6-18(7-9-19)23-12-3-13-24(15-14-23)28(25,26)21-5-2-4-17-16-22-11-10-20(17)21/h2,4-11,16H,3,12-15H2,1H3. The van der Waals surface area contributed by atoms with E-state index in [1.807, 2.05) is 30.3 Å². The molecule has 1 fully saturated rings. The molecular formula is C21H23N3O3S. The van der Waals surface area contributed by atoms with Crippen molar-refractivity contribution in [2.45, 2.75) is 11.3 Å². The molecule has 0 atom stereocenters. The Morgan fingerprint density at radius 2 is 1.79 bits per heavy atom. The van der Waals surface area contributed by atoms with Crippen LogP contribution in [0.4, 0.5) is 5.69 Å². The second-order valence-electron chi connectivity index (χ2n) is 6.80. The Morgan fingerprint density at radius 1 is 0.964 bits per heavy atom. The average molecular weight is 398 g/mol. The van der Waals surface area contributed by atoms with E-state index in [-0.39, 0.29) is 0 Å². The van der Waals surface area contributed by atoms with Gasteiger partial charge < -0.3 is 9.64 Å². The van der Waals surface area contributed by atoms with Crippen molar-refractivity contribution in [3.8, 4) is 5.75 Å². The predicted octanol–water partition coefficient (Wildman–Crippen LogP) is 3.14. The minimum absolute atomic E-state index is 0.352. The lowest BCUT2D eigenvalue weighted by molar-refractivity contribution is 0.415. The quantitative estimate of drug-likeness (QED) is 0.677. The summed E-state index contributed by atoms with van der Waals surface area (Å²) in [6.07, 6.45) is 4.11. The van der Waals surface area contributed by atoms with Crippen LogP contribution in [0.2, 0.25) is 0 Å². The van der Waals surface area contributed by atoms with Crippen LogP contribution in [0.5, 0.6) is 5.75 Å². The van der Waals surface area contributed by atoms with Gasteiger partial charge >= 0.3 is 0 Å². The van der Waals surface area contributed by atoms with E-state index in [1.54, 1.807) is 42.0 Å². The Labute approximate surface area is 165 Å². The zero-order valence-electron chi connectivity index (χ0n) is 15.8. The first-order chi connectivity index (χ1) is 13.6. The second kappa shape index (κ2) is 7.77. The van der Waals surface area contributed by atoms with Gasteiger partial charge in [-0.1, -0.05) is 12.1 Å². The van der Waals surface area contributed by atoms with Gasteiger partial charge in [0.05, 0.1) is 12.0 Å². The van der Waals surface area contributed by atoms with Crippen LogP contribution in [0.3, 0.4) is 0 Å². The molecule has 0 aliphatic carbocycles. The summed E-state index contributed by atoms with van der Waals surface area (Å²) in [6.45, 7) is 2.43. The van der Waals surface area contributed by atoms with Gasteiger partial charge in [-0.05, 0) is 42.8 Å². The van der Waals surface area contributed by atoms with Gasteiger partial charge in [0.1, 0.15) is 5.75 Å².